The minimum Gasteiger partial charge on any atom is -0.457 e. The van der Waals surface area contributed by atoms with E-state index >= 15 is 0 Å². The number of hydrogen-bond donors (Lipinski definition) is 0. The summed E-state index contributed by atoms with van der Waals surface area (Å²) >= 11 is 0. The molecule has 114 valence electrons. The normalized spacial score (nSPS) is 12.4. The number of rotatable bonds is 6. The first-order valence-electron chi connectivity index (χ1n) is 6.91. The first-order chi connectivity index (χ1) is 9.80. The van der Waals surface area contributed by atoms with Crippen LogP contribution in [0.4, 0.5) is 0 Å². The van der Waals surface area contributed by atoms with E-state index in [4.69, 9.17) is 9.47 Å². The molecule has 1 aromatic rings. The van der Waals surface area contributed by atoms with Crippen molar-refractivity contribution in [2.45, 2.75) is 40.2 Å². The van der Waals surface area contributed by atoms with Crippen LogP contribution in [0.25, 0.3) is 0 Å². The Labute approximate surface area is 125 Å². The summed E-state index contributed by atoms with van der Waals surface area (Å²) in [5.74, 6) is -0.176. The average molecular weight is 290 g/mol. The first-order valence-corrected chi connectivity index (χ1v) is 6.91. The Balaban J connectivity index is 3.05. The summed E-state index contributed by atoms with van der Waals surface area (Å²) in [6.07, 6.45) is 1.64. The highest BCUT2D eigenvalue weighted by Gasteiger charge is 2.31. The van der Waals surface area contributed by atoms with Gasteiger partial charge in [-0.3, -0.25) is 9.59 Å². The maximum atomic E-state index is 11.6. The van der Waals surface area contributed by atoms with E-state index < -0.39 is 11.5 Å². The van der Waals surface area contributed by atoms with Crippen molar-refractivity contribution in [3.05, 3.63) is 42.5 Å². The van der Waals surface area contributed by atoms with Gasteiger partial charge in [0.25, 0.3) is 0 Å². The van der Waals surface area contributed by atoms with Crippen LogP contribution in [0.3, 0.4) is 0 Å². The van der Waals surface area contributed by atoms with Gasteiger partial charge in [-0.1, -0.05) is 39.0 Å². The van der Waals surface area contributed by atoms with Crippen molar-refractivity contribution in [2.24, 2.45) is 5.41 Å². The third-order valence-corrected chi connectivity index (χ3v) is 3.18. The number of carbonyl (C=O) groups is 2. The van der Waals surface area contributed by atoms with Crippen molar-refractivity contribution < 1.29 is 19.1 Å². The highest BCUT2D eigenvalue weighted by atomic mass is 16.5. The molecule has 0 saturated heterocycles. The zero-order valence-electron chi connectivity index (χ0n) is 13.0. The van der Waals surface area contributed by atoms with Crippen LogP contribution < -0.4 is 4.74 Å². The van der Waals surface area contributed by atoms with Gasteiger partial charge in [0.15, 0.2) is 0 Å². The number of esters is 2. The smallest absolute Gasteiger partial charge is 0.308 e. The van der Waals surface area contributed by atoms with Crippen LogP contribution in [0, 0.1) is 5.41 Å². The van der Waals surface area contributed by atoms with Gasteiger partial charge >= 0.3 is 11.9 Å². The predicted octanol–water partition coefficient (Wildman–Crippen LogP) is 3.82. The number of benzene rings is 1. The Bertz CT molecular complexity index is 514. The van der Waals surface area contributed by atoms with Crippen LogP contribution in [0.15, 0.2) is 36.9 Å². The molecule has 0 bridgehead atoms. The molecule has 0 fully saturated rings. The van der Waals surface area contributed by atoms with Gasteiger partial charge in [0.2, 0.25) is 0 Å². The van der Waals surface area contributed by atoms with Crippen LogP contribution in [-0.2, 0) is 14.3 Å². The lowest BCUT2D eigenvalue weighted by Gasteiger charge is -2.31. The first kappa shape index (κ1) is 17.0. The summed E-state index contributed by atoms with van der Waals surface area (Å²) in [6.45, 7) is 10.8. The Morgan fingerprint density at radius 1 is 1.29 bits per heavy atom. The van der Waals surface area contributed by atoms with Crippen LogP contribution in [0.1, 0.15) is 45.8 Å². The molecule has 0 aliphatic carbocycles. The molecule has 0 heterocycles. The molecule has 1 aromatic carbocycles. The maximum Gasteiger partial charge on any atom is 0.308 e. The Kier molecular flexibility index (Phi) is 5.70. The molecule has 0 amide bonds. The van der Waals surface area contributed by atoms with Gasteiger partial charge < -0.3 is 9.47 Å². The van der Waals surface area contributed by atoms with E-state index in [-0.39, 0.29) is 11.9 Å². The molecular formula is C17H22O4. The van der Waals surface area contributed by atoms with Gasteiger partial charge in [0.1, 0.15) is 11.9 Å². The van der Waals surface area contributed by atoms with Crippen molar-refractivity contribution >= 4 is 11.9 Å². The summed E-state index contributed by atoms with van der Waals surface area (Å²) in [6, 6.07) is 6.94. The standard InChI is InChI=1S/C17H22O4/c1-6-15(19)21-16(17(4,5)7-2)13-8-10-14(11-9-13)20-12(3)18/h7-11,16H,2,6H2,1,3-5H3. The highest BCUT2D eigenvalue weighted by molar-refractivity contribution is 5.70. The molecule has 0 aliphatic heterocycles. The van der Waals surface area contributed by atoms with E-state index in [2.05, 4.69) is 6.58 Å². The van der Waals surface area contributed by atoms with Crippen molar-refractivity contribution in [1.82, 2.24) is 0 Å². The summed E-state index contributed by atoms with van der Waals surface area (Å²) < 4.78 is 10.5. The molecule has 1 atom stereocenters. The van der Waals surface area contributed by atoms with E-state index in [0.717, 1.165) is 5.56 Å². The van der Waals surface area contributed by atoms with Gasteiger partial charge in [-0.15, -0.1) is 6.58 Å². The van der Waals surface area contributed by atoms with Gasteiger partial charge in [0.05, 0.1) is 0 Å². The molecule has 1 rings (SSSR count). The summed E-state index contributed by atoms with van der Waals surface area (Å²) in [5.41, 5.74) is 0.422. The molecule has 0 saturated carbocycles. The molecule has 0 aromatic heterocycles. The molecule has 4 nitrogen and oxygen atoms in total. The fraction of sp³-hybridized carbons (Fsp3) is 0.412. The zero-order valence-corrected chi connectivity index (χ0v) is 13.0. The van der Waals surface area contributed by atoms with Gasteiger partial charge in [-0.25, -0.2) is 0 Å². The minimum absolute atomic E-state index is 0.265. The van der Waals surface area contributed by atoms with E-state index in [1.54, 1.807) is 37.3 Å². The Morgan fingerprint density at radius 3 is 2.29 bits per heavy atom. The third-order valence-electron chi connectivity index (χ3n) is 3.18. The average Bonchev–Trinajstić information content (AvgIpc) is 2.44. The second kappa shape index (κ2) is 7.07. The molecule has 0 N–H and O–H groups in total. The summed E-state index contributed by atoms with van der Waals surface area (Å²) in [5, 5.41) is 0. The third kappa shape index (κ3) is 4.74. The predicted molar refractivity (Wildman–Crippen MR) is 80.9 cm³/mol. The van der Waals surface area contributed by atoms with Crippen molar-refractivity contribution in [3.63, 3.8) is 0 Å². The maximum absolute atomic E-state index is 11.6. The summed E-state index contributed by atoms with van der Waals surface area (Å²) in [4.78, 5) is 22.6. The van der Waals surface area contributed by atoms with E-state index in [9.17, 15) is 9.59 Å². The van der Waals surface area contributed by atoms with Gasteiger partial charge in [-0.2, -0.15) is 0 Å². The molecular weight excluding hydrogens is 268 g/mol. The molecule has 0 aliphatic rings. The van der Waals surface area contributed by atoms with Crippen molar-refractivity contribution in [1.29, 1.82) is 0 Å². The fourth-order valence-corrected chi connectivity index (χ4v) is 1.85. The molecule has 4 heteroatoms. The minimum atomic E-state index is -0.436. The molecule has 0 spiro atoms. The van der Waals surface area contributed by atoms with Crippen LogP contribution >= 0.6 is 0 Å². The molecule has 1 unspecified atom stereocenters. The lowest BCUT2D eigenvalue weighted by atomic mass is 9.82. The van der Waals surface area contributed by atoms with Gasteiger partial charge in [0, 0.05) is 18.8 Å². The van der Waals surface area contributed by atoms with Crippen LogP contribution in [-0.4, -0.2) is 11.9 Å². The summed E-state index contributed by atoms with van der Waals surface area (Å²) in [7, 11) is 0. The lowest BCUT2D eigenvalue weighted by molar-refractivity contribution is -0.153. The second-order valence-electron chi connectivity index (χ2n) is 5.41. The topological polar surface area (TPSA) is 52.6 Å². The number of carbonyl (C=O) groups excluding carboxylic acids is 2. The second-order valence-corrected chi connectivity index (χ2v) is 5.41. The molecule has 21 heavy (non-hydrogen) atoms. The monoisotopic (exact) mass is 290 g/mol. The highest BCUT2D eigenvalue weighted by Crippen LogP contribution is 2.38. The fourth-order valence-electron chi connectivity index (χ4n) is 1.85. The lowest BCUT2D eigenvalue weighted by Crippen LogP contribution is -2.25. The van der Waals surface area contributed by atoms with Crippen LogP contribution in [0.5, 0.6) is 5.75 Å². The van der Waals surface area contributed by atoms with Crippen molar-refractivity contribution in [3.8, 4) is 5.75 Å². The number of hydrogen-bond acceptors (Lipinski definition) is 4. The Morgan fingerprint density at radius 2 is 1.86 bits per heavy atom. The van der Waals surface area contributed by atoms with Gasteiger partial charge in [-0.05, 0) is 17.7 Å². The molecule has 0 radical (unpaired) electrons. The number of ether oxygens (including phenoxy) is 2. The van der Waals surface area contributed by atoms with E-state index in [1.807, 2.05) is 13.8 Å². The van der Waals surface area contributed by atoms with Crippen LogP contribution in [0.2, 0.25) is 0 Å². The zero-order chi connectivity index (χ0) is 16.0. The Hall–Kier alpha value is -2.10. The largest absolute Gasteiger partial charge is 0.457 e. The quantitative estimate of drug-likeness (QED) is 0.454. The van der Waals surface area contributed by atoms with E-state index in [0.29, 0.717) is 12.2 Å². The SMILES string of the molecule is C=CC(C)(C)C(OC(=O)CC)c1ccc(OC(C)=O)cc1. The van der Waals surface area contributed by atoms with E-state index in [1.165, 1.54) is 6.92 Å². The van der Waals surface area contributed by atoms with Crippen molar-refractivity contribution in [2.75, 3.05) is 0 Å².